The largest absolute Gasteiger partial charge is 0.507 e. The molecule has 0 aliphatic heterocycles. The summed E-state index contributed by atoms with van der Waals surface area (Å²) in [5, 5.41) is 22.5. The van der Waals surface area contributed by atoms with E-state index in [4.69, 9.17) is 11.5 Å². The highest BCUT2D eigenvalue weighted by Crippen LogP contribution is 2.45. The van der Waals surface area contributed by atoms with Gasteiger partial charge in [0.1, 0.15) is 11.5 Å². The lowest BCUT2D eigenvalue weighted by molar-refractivity contribution is 0.479. The minimum absolute atomic E-state index is 0.0446. The van der Waals surface area contributed by atoms with Gasteiger partial charge in [0.25, 0.3) is 0 Å². The number of nitrogen functional groups attached to an aromatic ring is 2. The number of rotatable bonds is 0. The Balaban J connectivity index is 2.70. The summed E-state index contributed by atoms with van der Waals surface area (Å²) in [5.74, 6) is 0.0893. The number of phenolic OH excluding ortho intramolecular Hbond substituents is 2. The average molecular weight is 240 g/mol. The first-order chi connectivity index (χ1) is 8.61. The van der Waals surface area contributed by atoms with Gasteiger partial charge in [0.15, 0.2) is 0 Å². The molecule has 0 radical (unpaired) electrons. The number of aromatic hydroxyl groups is 2. The molecular weight excluding hydrogens is 228 g/mol. The van der Waals surface area contributed by atoms with Crippen LogP contribution in [0.3, 0.4) is 0 Å². The van der Waals surface area contributed by atoms with E-state index in [9.17, 15) is 10.2 Å². The van der Waals surface area contributed by atoms with E-state index in [2.05, 4.69) is 0 Å². The Labute approximate surface area is 103 Å². The van der Waals surface area contributed by atoms with Crippen molar-refractivity contribution in [1.29, 1.82) is 0 Å². The molecule has 4 nitrogen and oxygen atoms in total. The van der Waals surface area contributed by atoms with Crippen LogP contribution in [-0.4, -0.2) is 10.2 Å². The maximum Gasteiger partial charge on any atom is 0.133 e. The molecule has 0 saturated carbocycles. The van der Waals surface area contributed by atoms with Gasteiger partial charge in [-0.05, 0) is 12.1 Å². The first-order valence-corrected chi connectivity index (χ1v) is 5.51. The van der Waals surface area contributed by atoms with Crippen molar-refractivity contribution in [2.24, 2.45) is 0 Å². The second-order valence-electron chi connectivity index (χ2n) is 4.24. The molecule has 0 fully saturated rings. The van der Waals surface area contributed by atoms with Gasteiger partial charge in [0.2, 0.25) is 0 Å². The summed E-state index contributed by atoms with van der Waals surface area (Å²) >= 11 is 0. The predicted octanol–water partition coefficient (Wildman–Crippen LogP) is 2.57. The fraction of sp³-hybridized carbons (Fsp3) is 0. The standard InChI is InChI=1S/C14H12N2O2/c15-9-5-1-3-7-11(9)14(18)8-4-2-6-10(16)12(8)13(7)17/h1-6,17-18H,15-16H2. The molecule has 0 aliphatic carbocycles. The lowest BCUT2D eigenvalue weighted by Gasteiger charge is -2.12. The van der Waals surface area contributed by atoms with E-state index in [1.54, 1.807) is 36.4 Å². The van der Waals surface area contributed by atoms with Crippen LogP contribution in [0.25, 0.3) is 21.5 Å². The molecule has 3 rings (SSSR count). The van der Waals surface area contributed by atoms with Gasteiger partial charge in [0, 0.05) is 22.1 Å². The van der Waals surface area contributed by atoms with Crippen LogP contribution in [0, 0.1) is 0 Å². The zero-order chi connectivity index (χ0) is 12.9. The predicted molar refractivity (Wildman–Crippen MR) is 73.6 cm³/mol. The van der Waals surface area contributed by atoms with Gasteiger partial charge in [-0.2, -0.15) is 0 Å². The third-order valence-corrected chi connectivity index (χ3v) is 3.18. The number of nitrogens with two attached hydrogens (primary N) is 2. The van der Waals surface area contributed by atoms with Crippen LogP contribution < -0.4 is 11.5 Å². The number of phenols is 2. The molecule has 0 unspecified atom stereocenters. The Hall–Kier alpha value is -2.62. The highest BCUT2D eigenvalue weighted by atomic mass is 16.3. The fourth-order valence-electron chi connectivity index (χ4n) is 2.33. The number of hydrogen-bond donors (Lipinski definition) is 4. The van der Waals surface area contributed by atoms with Gasteiger partial charge in [-0.25, -0.2) is 0 Å². The van der Waals surface area contributed by atoms with E-state index in [-0.39, 0.29) is 11.5 Å². The Morgan fingerprint density at radius 2 is 1.06 bits per heavy atom. The molecule has 0 heterocycles. The Kier molecular flexibility index (Phi) is 2.01. The van der Waals surface area contributed by atoms with Gasteiger partial charge < -0.3 is 21.7 Å². The SMILES string of the molecule is Nc1cccc2c(O)c3c(N)cccc3c(O)c12. The highest BCUT2D eigenvalue weighted by Gasteiger charge is 2.15. The van der Waals surface area contributed by atoms with E-state index in [1.807, 2.05) is 0 Å². The zero-order valence-electron chi connectivity index (χ0n) is 9.51. The molecule has 0 atom stereocenters. The molecule has 3 aromatic rings. The maximum absolute atomic E-state index is 10.3. The van der Waals surface area contributed by atoms with E-state index in [1.165, 1.54) is 0 Å². The average Bonchev–Trinajstić information content (AvgIpc) is 2.35. The number of benzene rings is 3. The van der Waals surface area contributed by atoms with Crippen LogP contribution in [0.1, 0.15) is 0 Å². The normalized spacial score (nSPS) is 11.1. The number of fused-ring (bicyclic) bond motifs is 2. The third-order valence-electron chi connectivity index (χ3n) is 3.18. The smallest absolute Gasteiger partial charge is 0.133 e. The second-order valence-corrected chi connectivity index (χ2v) is 4.24. The van der Waals surface area contributed by atoms with Crippen LogP contribution in [-0.2, 0) is 0 Å². The van der Waals surface area contributed by atoms with Gasteiger partial charge >= 0.3 is 0 Å². The molecular formula is C14H12N2O2. The molecule has 0 aromatic heterocycles. The van der Waals surface area contributed by atoms with E-state index in [0.29, 0.717) is 32.9 Å². The molecule has 3 aromatic carbocycles. The van der Waals surface area contributed by atoms with Crippen molar-refractivity contribution in [3.8, 4) is 11.5 Å². The van der Waals surface area contributed by atoms with Crippen LogP contribution in [0.4, 0.5) is 11.4 Å². The molecule has 4 heteroatoms. The second kappa shape index (κ2) is 3.43. The Bertz CT molecular complexity index is 714. The first kappa shape index (κ1) is 10.5. The van der Waals surface area contributed by atoms with Crippen LogP contribution >= 0.6 is 0 Å². The summed E-state index contributed by atoms with van der Waals surface area (Å²) in [6, 6.07) is 10.2. The fourth-order valence-corrected chi connectivity index (χ4v) is 2.33. The monoisotopic (exact) mass is 240 g/mol. The Morgan fingerprint density at radius 3 is 1.44 bits per heavy atom. The molecule has 0 bridgehead atoms. The summed E-state index contributed by atoms with van der Waals surface area (Å²) in [7, 11) is 0. The van der Waals surface area contributed by atoms with E-state index in [0.717, 1.165) is 0 Å². The van der Waals surface area contributed by atoms with Gasteiger partial charge in [-0.3, -0.25) is 0 Å². The van der Waals surface area contributed by atoms with Crippen molar-refractivity contribution in [2.45, 2.75) is 0 Å². The van der Waals surface area contributed by atoms with E-state index >= 15 is 0 Å². The summed E-state index contributed by atoms with van der Waals surface area (Å²) in [4.78, 5) is 0. The van der Waals surface area contributed by atoms with Gasteiger partial charge in [0.05, 0.1) is 10.8 Å². The zero-order valence-corrected chi connectivity index (χ0v) is 9.51. The van der Waals surface area contributed by atoms with Crippen molar-refractivity contribution in [2.75, 3.05) is 11.5 Å². The minimum Gasteiger partial charge on any atom is -0.507 e. The topological polar surface area (TPSA) is 92.5 Å². The molecule has 6 N–H and O–H groups in total. The van der Waals surface area contributed by atoms with Gasteiger partial charge in [-0.1, -0.05) is 24.3 Å². The summed E-state index contributed by atoms with van der Waals surface area (Å²) in [5.41, 5.74) is 12.5. The maximum atomic E-state index is 10.3. The quantitative estimate of drug-likeness (QED) is 0.276. The van der Waals surface area contributed by atoms with Crippen LogP contribution in [0.5, 0.6) is 11.5 Å². The van der Waals surface area contributed by atoms with Gasteiger partial charge in [-0.15, -0.1) is 0 Å². The molecule has 90 valence electrons. The highest BCUT2D eigenvalue weighted by molar-refractivity contribution is 6.17. The first-order valence-electron chi connectivity index (χ1n) is 5.51. The van der Waals surface area contributed by atoms with Crippen molar-refractivity contribution >= 4 is 32.9 Å². The molecule has 18 heavy (non-hydrogen) atoms. The Morgan fingerprint density at radius 1 is 0.667 bits per heavy atom. The van der Waals surface area contributed by atoms with Crippen molar-refractivity contribution in [3.05, 3.63) is 36.4 Å². The van der Waals surface area contributed by atoms with Crippen molar-refractivity contribution < 1.29 is 10.2 Å². The van der Waals surface area contributed by atoms with Crippen molar-refractivity contribution in [3.63, 3.8) is 0 Å². The molecule has 0 saturated heterocycles. The molecule has 0 spiro atoms. The van der Waals surface area contributed by atoms with E-state index < -0.39 is 0 Å². The van der Waals surface area contributed by atoms with Crippen molar-refractivity contribution in [1.82, 2.24) is 0 Å². The summed E-state index contributed by atoms with van der Waals surface area (Å²) in [6.07, 6.45) is 0. The third kappa shape index (κ3) is 1.20. The van der Waals surface area contributed by atoms with Crippen LogP contribution in [0.15, 0.2) is 36.4 Å². The lowest BCUT2D eigenvalue weighted by Crippen LogP contribution is -1.91. The summed E-state index contributed by atoms with van der Waals surface area (Å²) < 4.78 is 0. The molecule has 0 amide bonds. The number of anilines is 2. The lowest BCUT2D eigenvalue weighted by atomic mass is 9.98. The van der Waals surface area contributed by atoms with Crippen LogP contribution in [0.2, 0.25) is 0 Å². The number of hydrogen-bond acceptors (Lipinski definition) is 4. The summed E-state index contributed by atoms with van der Waals surface area (Å²) in [6.45, 7) is 0. The molecule has 0 aliphatic rings. The minimum atomic E-state index is 0.0446.